The van der Waals surface area contributed by atoms with Gasteiger partial charge in [0.1, 0.15) is 0 Å². The Morgan fingerprint density at radius 1 is 1.00 bits per heavy atom. The molecule has 3 nitrogen and oxygen atoms in total. The lowest BCUT2D eigenvalue weighted by Gasteiger charge is -2.32. The minimum absolute atomic E-state index is 0.136. The highest BCUT2D eigenvalue weighted by atomic mass is 32.1. The first-order valence-corrected chi connectivity index (χ1v) is 12.5. The number of benzene rings is 2. The Labute approximate surface area is 196 Å². The normalized spacial score (nSPS) is 18.9. The summed E-state index contributed by atoms with van der Waals surface area (Å²) in [5.74, 6) is 0.976. The Balaban J connectivity index is 1.59. The van der Waals surface area contributed by atoms with Gasteiger partial charge in [-0.2, -0.15) is 0 Å². The second-order valence-electron chi connectivity index (χ2n) is 9.36. The van der Waals surface area contributed by atoms with E-state index in [1.54, 1.807) is 0 Å². The van der Waals surface area contributed by atoms with Crippen LogP contribution in [-0.2, 0) is 6.54 Å². The van der Waals surface area contributed by atoms with Gasteiger partial charge in [0.15, 0.2) is 0 Å². The third-order valence-corrected chi connectivity index (χ3v) is 7.78. The predicted molar refractivity (Wildman–Crippen MR) is 134 cm³/mol. The number of hydrogen-bond acceptors (Lipinski definition) is 3. The smallest absolute Gasteiger partial charge is 0.254 e. The predicted octanol–water partition coefficient (Wildman–Crippen LogP) is 6.13. The summed E-state index contributed by atoms with van der Waals surface area (Å²) in [5.41, 5.74) is 4.94. The summed E-state index contributed by atoms with van der Waals surface area (Å²) in [6, 6.07) is 20.9. The van der Waals surface area contributed by atoms with E-state index in [-0.39, 0.29) is 11.9 Å². The minimum Gasteiger partial charge on any atom is -0.336 e. The summed E-state index contributed by atoms with van der Waals surface area (Å²) in [4.78, 5) is 19.5. The van der Waals surface area contributed by atoms with Crippen molar-refractivity contribution in [3.63, 3.8) is 0 Å². The molecule has 1 aliphatic heterocycles. The molecule has 4 rings (SSSR count). The van der Waals surface area contributed by atoms with Gasteiger partial charge in [0.05, 0.1) is 0 Å². The quantitative estimate of drug-likeness (QED) is 0.436. The highest BCUT2D eigenvalue weighted by molar-refractivity contribution is 7.10. The highest BCUT2D eigenvalue weighted by Crippen LogP contribution is 2.36. The molecule has 1 fully saturated rings. The number of rotatable bonds is 7. The summed E-state index contributed by atoms with van der Waals surface area (Å²) in [5, 5.41) is 2.19. The first kappa shape index (κ1) is 22.8. The van der Waals surface area contributed by atoms with Crippen molar-refractivity contribution in [2.45, 2.75) is 46.2 Å². The lowest BCUT2D eigenvalue weighted by Crippen LogP contribution is -2.42. The van der Waals surface area contributed by atoms with Crippen molar-refractivity contribution in [1.29, 1.82) is 0 Å². The molecule has 168 valence electrons. The van der Waals surface area contributed by atoms with E-state index in [9.17, 15) is 4.79 Å². The lowest BCUT2D eigenvalue weighted by molar-refractivity contribution is 0.0668. The van der Waals surface area contributed by atoms with Gasteiger partial charge in [-0.25, -0.2) is 0 Å². The summed E-state index contributed by atoms with van der Waals surface area (Å²) in [7, 11) is 0. The summed E-state index contributed by atoms with van der Waals surface area (Å²) in [6.45, 7) is 12.5. The fraction of sp³-hybridized carbons (Fsp3) is 0.393. The second kappa shape index (κ2) is 10.0. The average molecular weight is 447 g/mol. The second-order valence-corrected chi connectivity index (χ2v) is 10.4. The van der Waals surface area contributed by atoms with Crippen LogP contribution in [0.5, 0.6) is 0 Å². The molecule has 0 unspecified atom stereocenters. The third-order valence-electron chi connectivity index (χ3n) is 6.78. The van der Waals surface area contributed by atoms with Crippen LogP contribution in [0.15, 0.2) is 66.0 Å². The Morgan fingerprint density at radius 3 is 2.38 bits per heavy atom. The molecule has 3 aromatic rings. The van der Waals surface area contributed by atoms with E-state index < -0.39 is 0 Å². The molecule has 4 heteroatoms. The zero-order chi connectivity index (χ0) is 22.7. The Bertz CT molecular complexity index is 1040. The number of amides is 1. The summed E-state index contributed by atoms with van der Waals surface area (Å²) in [6.07, 6.45) is 0. The summed E-state index contributed by atoms with van der Waals surface area (Å²) >= 11 is 1.85. The van der Waals surface area contributed by atoms with E-state index in [0.29, 0.717) is 11.8 Å². The number of aryl methyl sites for hydroxylation is 2. The van der Waals surface area contributed by atoms with Gasteiger partial charge < -0.3 is 4.90 Å². The van der Waals surface area contributed by atoms with Crippen LogP contribution >= 0.6 is 11.3 Å². The van der Waals surface area contributed by atoms with E-state index in [1.807, 2.05) is 41.7 Å². The van der Waals surface area contributed by atoms with Crippen molar-refractivity contribution < 1.29 is 4.79 Å². The SMILES string of the molecule is Cc1ccccc1[C@H]1CN(Cc2sccc2C)C[C@@H]1CN(C(=O)c1ccccc1)C(C)C. The van der Waals surface area contributed by atoms with Crippen LogP contribution in [-0.4, -0.2) is 41.4 Å². The molecule has 1 saturated heterocycles. The number of hydrogen-bond donors (Lipinski definition) is 0. The van der Waals surface area contributed by atoms with Gasteiger partial charge in [-0.3, -0.25) is 9.69 Å². The molecule has 0 bridgehead atoms. The number of thiophene rings is 1. The Morgan fingerprint density at radius 2 is 1.72 bits per heavy atom. The van der Waals surface area contributed by atoms with Crippen LogP contribution in [0, 0.1) is 19.8 Å². The maximum Gasteiger partial charge on any atom is 0.254 e. The molecule has 2 aromatic carbocycles. The largest absolute Gasteiger partial charge is 0.336 e. The number of nitrogens with zero attached hydrogens (tertiary/aromatic N) is 2. The van der Waals surface area contributed by atoms with E-state index in [2.05, 4.69) is 73.2 Å². The van der Waals surface area contributed by atoms with Crippen molar-refractivity contribution in [3.05, 3.63) is 93.2 Å². The van der Waals surface area contributed by atoms with Crippen molar-refractivity contribution in [1.82, 2.24) is 9.80 Å². The molecule has 2 heterocycles. The maximum atomic E-state index is 13.4. The fourth-order valence-corrected chi connectivity index (χ4v) is 5.87. The zero-order valence-corrected chi connectivity index (χ0v) is 20.4. The molecule has 1 amide bonds. The maximum absolute atomic E-state index is 13.4. The molecule has 32 heavy (non-hydrogen) atoms. The monoisotopic (exact) mass is 446 g/mol. The number of carbonyl (C=O) groups excluding carboxylic acids is 1. The van der Waals surface area contributed by atoms with Crippen LogP contribution in [0.4, 0.5) is 0 Å². The molecular weight excluding hydrogens is 412 g/mol. The lowest BCUT2D eigenvalue weighted by atomic mass is 9.86. The van der Waals surface area contributed by atoms with Gasteiger partial charge in [0.25, 0.3) is 5.91 Å². The highest BCUT2D eigenvalue weighted by Gasteiger charge is 2.37. The first-order valence-electron chi connectivity index (χ1n) is 11.6. The van der Waals surface area contributed by atoms with Crippen LogP contribution < -0.4 is 0 Å². The fourth-order valence-electron chi connectivity index (χ4n) is 4.93. The Hall–Kier alpha value is -2.43. The first-order chi connectivity index (χ1) is 15.4. The van der Waals surface area contributed by atoms with Crippen molar-refractivity contribution in [2.24, 2.45) is 5.92 Å². The van der Waals surface area contributed by atoms with Gasteiger partial charge >= 0.3 is 0 Å². The van der Waals surface area contributed by atoms with E-state index in [0.717, 1.165) is 31.7 Å². The molecule has 0 N–H and O–H groups in total. The average Bonchev–Trinajstić information content (AvgIpc) is 3.38. The molecule has 1 aliphatic rings. The number of carbonyl (C=O) groups is 1. The summed E-state index contributed by atoms with van der Waals surface area (Å²) < 4.78 is 0. The van der Waals surface area contributed by atoms with Crippen LogP contribution in [0.2, 0.25) is 0 Å². The van der Waals surface area contributed by atoms with Crippen LogP contribution in [0.25, 0.3) is 0 Å². The topological polar surface area (TPSA) is 23.6 Å². The molecular formula is C28H34N2OS. The van der Waals surface area contributed by atoms with Gasteiger partial charge in [-0.05, 0) is 73.9 Å². The van der Waals surface area contributed by atoms with E-state index in [1.165, 1.54) is 21.6 Å². The molecule has 0 aliphatic carbocycles. The van der Waals surface area contributed by atoms with Crippen LogP contribution in [0.1, 0.15) is 51.7 Å². The molecule has 0 radical (unpaired) electrons. The Kier molecular flexibility index (Phi) is 7.12. The van der Waals surface area contributed by atoms with Gasteiger partial charge in [-0.1, -0.05) is 42.5 Å². The van der Waals surface area contributed by atoms with Crippen molar-refractivity contribution in [2.75, 3.05) is 19.6 Å². The third kappa shape index (κ3) is 4.97. The van der Waals surface area contributed by atoms with E-state index in [4.69, 9.17) is 0 Å². The van der Waals surface area contributed by atoms with E-state index >= 15 is 0 Å². The zero-order valence-electron chi connectivity index (χ0n) is 19.6. The van der Waals surface area contributed by atoms with Gasteiger partial charge in [0.2, 0.25) is 0 Å². The molecule has 1 aromatic heterocycles. The van der Waals surface area contributed by atoms with Gasteiger partial charge in [-0.15, -0.1) is 11.3 Å². The van der Waals surface area contributed by atoms with Crippen LogP contribution in [0.3, 0.4) is 0 Å². The molecule has 0 spiro atoms. The standard InChI is InChI=1S/C28H34N2OS/c1-20(2)30(28(31)23-11-6-5-7-12-23)17-24-16-29(19-27-22(4)14-15-32-27)18-26(24)25-13-9-8-10-21(25)3/h5-15,20,24,26H,16-19H2,1-4H3/t24-,26+/m1/s1. The van der Waals surface area contributed by atoms with Crippen molar-refractivity contribution in [3.8, 4) is 0 Å². The van der Waals surface area contributed by atoms with Gasteiger partial charge in [0, 0.05) is 48.6 Å². The molecule has 2 atom stereocenters. The van der Waals surface area contributed by atoms with Crippen molar-refractivity contribution >= 4 is 17.2 Å². The minimum atomic E-state index is 0.136. The molecule has 0 saturated carbocycles. The number of likely N-dealkylation sites (tertiary alicyclic amines) is 1.